The van der Waals surface area contributed by atoms with Crippen molar-refractivity contribution in [2.45, 2.75) is 52.4 Å². The van der Waals surface area contributed by atoms with Gasteiger partial charge in [0.25, 0.3) is 0 Å². The molecule has 3 atom stereocenters. The van der Waals surface area contributed by atoms with Crippen LogP contribution < -0.4 is 15.5 Å². The summed E-state index contributed by atoms with van der Waals surface area (Å²) in [6.07, 6.45) is 1.39. The van der Waals surface area contributed by atoms with E-state index in [-0.39, 0.29) is 24.3 Å². The van der Waals surface area contributed by atoms with Crippen LogP contribution in [0.1, 0.15) is 34.1 Å². The third-order valence-corrected chi connectivity index (χ3v) is 3.90. The monoisotopic (exact) mass is 305 g/mol. The van der Waals surface area contributed by atoms with E-state index in [2.05, 4.69) is 29.4 Å². The van der Waals surface area contributed by atoms with Gasteiger partial charge in [0.2, 0.25) is 0 Å². The number of carbonyl (C=O) groups excluding carboxylic acids is 1. The number of hydrogen-bond donors (Lipinski definition) is 2. The van der Waals surface area contributed by atoms with E-state index in [1.165, 1.54) is 0 Å². The molecule has 122 valence electrons. The number of amides is 2. The number of hydrogen-bond acceptors (Lipinski definition) is 3. The maximum absolute atomic E-state index is 11.8. The molecule has 1 heterocycles. The van der Waals surface area contributed by atoms with Crippen LogP contribution in [-0.2, 0) is 4.74 Å². The number of morpholine rings is 1. The Hall–Kier alpha value is -1.75. The van der Waals surface area contributed by atoms with Crippen LogP contribution in [0, 0.1) is 0 Å². The summed E-state index contributed by atoms with van der Waals surface area (Å²) in [5.41, 5.74) is 1.97. The van der Waals surface area contributed by atoms with E-state index in [9.17, 15) is 4.79 Å². The first-order chi connectivity index (χ1) is 10.5. The highest BCUT2D eigenvalue weighted by atomic mass is 16.5. The molecule has 3 unspecified atom stereocenters. The highest BCUT2D eigenvalue weighted by Crippen LogP contribution is 2.22. The molecule has 2 N–H and O–H groups in total. The van der Waals surface area contributed by atoms with E-state index in [4.69, 9.17) is 4.74 Å². The average Bonchev–Trinajstić information content (AvgIpc) is 2.46. The lowest BCUT2D eigenvalue weighted by Crippen LogP contribution is -2.45. The molecule has 0 bridgehead atoms. The third kappa shape index (κ3) is 4.63. The summed E-state index contributed by atoms with van der Waals surface area (Å²) in [5.74, 6) is 0. The second kappa shape index (κ2) is 7.49. The Kier molecular flexibility index (Phi) is 5.66. The Labute approximate surface area is 133 Å². The smallest absolute Gasteiger partial charge is 0.319 e. The van der Waals surface area contributed by atoms with Gasteiger partial charge in [-0.3, -0.25) is 0 Å². The van der Waals surface area contributed by atoms with Gasteiger partial charge in [0.15, 0.2) is 0 Å². The van der Waals surface area contributed by atoms with E-state index in [1.54, 1.807) is 0 Å². The fraction of sp³-hybridized carbons (Fsp3) is 0.588. The molecule has 0 radical (unpaired) electrons. The number of anilines is 2. The number of nitrogens with one attached hydrogen (secondary N) is 2. The molecule has 0 aromatic heterocycles. The second-order valence-corrected chi connectivity index (χ2v) is 6.12. The standard InChI is InChI=1S/C17H27N3O2/c1-5-12(2)18-17(21)19-15-6-8-16(9-7-15)20-10-13(3)22-14(4)11-20/h6-9,12-14H,5,10-11H2,1-4H3,(H2,18,19,21). The van der Waals surface area contributed by atoms with E-state index in [1.807, 2.05) is 38.1 Å². The summed E-state index contributed by atoms with van der Waals surface area (Å²) in [6.45, 7) is 10.0. The molecule has 1 aromatic rings. The lowest BCUT2D eigenvalue weighted by atomic mass is 10.2. The highest BCUT2D eigenvalue weighted by molar-refractivity contribution is 5.89. The van der Waals surface area contributed by atoms with Gasteiger partial charge in [-0.05, 0) is 51.5 Å². The van der Waals surface area contributed by atoms with Gasteiger partial charge in [0.05, 0.1) is 12.2 Å². The minimum absolute atomic E-state index is 0.157. The van der Waals surface area contributed by atoms with Gasteiger partial charge in [0, 0.05) is 30.5 Å². The Bertz CT molecular complexity index is 479. The molecule has 1 saturated heterocycles. The quantitative estimate of drug-likeness (QED) is 0.898. The van der Waals surface area contributed by atoms with Crippen molar-refractivity contribution in [3.63, 3.8) is 0 Å². The molecule has 0 saturated carbocycles. The minimum Gasteiger partial charge on any atom is -0.372 e. The summed E-state index contributed by atoms with van der Waals surface area (Å²) >= 11 is 0. The van der Waals surface area contributed by atoms with Crippen LogP contribution in [0.5, 0.6) is 0 Å². The largest absolute Gasteiger partial charge is 0.372 e. The lowest BCUT2D eigenvalue weighted by Gasteiger charge is -2.36. The van der Waals surface area contributed by atoms with Gasteiger partial charge in [-0.15, -0.1) is 0 Å². The van der Waals surface area contributed by atoms with E-state index >= 15 is 0 Å². The van der Waals surface area contributed by atoms with Crippen LogP contribution in [-0.4, -0.2) is 37.4 Å². The molecule has 1 aromatic carbocycles. The van der Waals surface area contributed by atoms with Gasteiger partial charge in [0.1, 0.15) is 0 Å². The average molecular weight is 305 g/mol. The van der Waals surface area contributed by atoms with Crippen LogP contribution in [0.15, 0.2) is 24.3 Å². The molecular formula is C17H27N3O2. The second-order valence-electron chi connectivity index (χ2n) is 6.12. The van der Waals surface area contributed by atoms with Crippen molar-refractivity contribution in [2.75, 3.05) is 23.3 Å². The van der Waals surface area contributed by atoms with Crippen molar-refractivity contribution in [2.24, 2.45) is 0 Å². The van der Waals surface area contributed by atoms with Crippen molar-refractivity contribution in [1.82, 2.24) is 5.32 Å². The number of carbonyl (C=O) groups is 1. The van der Waals surface area contributed by atoms with Crippen molar-refractivity contribution in [3.8, 4) is 0 Å². The highest BCUT2D eigenvalue weighted by Gasteiger charge is 2.22. The normalized spacial score (nSPS) is 23.0. The van der Waals surface area contributed by atoms with Gasteiger partial charge < -0.3 is 20.3 Å². The maximum Gasteiger partial charge on any atom is 0.319 e. The number of nitrogens with zero attached hydrogens (tertiary/aromatic N) is 1. The zero-order chi connectivity index (χ0) is 16.1. The van der Waals surface area contributed by atoms with Crippen LogP contribution in [0.3, 0.4) is 0 Å². The molecule has 1 fully saturated rings. The van der Waals surface area contributed by atoms with E-state index in [0.717, 1.165) is 30.9 Å². The SMILES string of the molecule is CCC(C)NC(=O)Nc1ccc(N2CC(C)OC(C)C2)cc1. The summed E-state index contributed by atoms with van der Waals surface area (Å²) in [5, 5.41) is 5.75. The molecule has 5 nitrogen and oxygen atoms in total. The zero-order valence-electron chi connectivity index (χ0n) is 13.9. The molecular weight excluding hydrogens is 278 g/mol. The molecule has 1 aliphatic heterocycles. The summed E-state index contributed by atoms with van der Waals surface area (Å²) < 4.78 is 5.75. The van der Waals surface area contributed by atoms with Gasteiger partial charge in [-0.1, -0.05) is 6.92 Å². The molecule has 5 heteroatoms. The van der Waals surface area contributed by atoms with E-state index in [0.29, 0.717) is 0 Å². The minimum atomic E-state index is -0.157. The Morgan fingerprint density at radius 1 is 1.27 bits per heavy atom. The fourth-order valence-electron chi connectivity index (χ4n) is 2.64. The number of ether oxygens (including phenoxy) is 1. The Morgan fingerprint density at radius 2 is 1.86 bits per heavy atom. The van der Waals surface area contributed by atoms with Crippen molar-refractivity contribution < 1.29 is 9.53 Å². The predicted molar refractivity (Wildman–Crippen MR) is 90.6 cm³/mol. The first kappa shape index (κ1) is 16.6. The van der Waals surface area contributed by atoms with Crippen molar-refractivity contribution in [1.29, 1.82) is 0 Å². The van der Waals surface area contributed by atoms with Gasteiger partial charge in [-0.25, -0.2) is 4.79 Å². The first-order valence-corrected chi connectivity index (χ1v) is 8.06. The fourth-order valence-corrected chi connectivity index (χ4v) is 2.64. The summed E-state index contributed by atoms with van der Waals surface area (Å²) in [4.78, 5) is 14.1. The number of rotatable bonds is 4. The van der Waals surface area contributed by atoms with Crippen LogP contribution >= 0.6 is 0 Å². The predicted octanol–water partition coefficient (Wildman–Crippen LogP) is 3.22. The Morgan fingerprint density at radius 3 is 2.41 bits per heavy atom. The molecule has 2 rings (SSSR count). The van der Waals surface area contributed by atoms with Crippen LogP contribution in [0.4, 0.5) is 16.2 Å². The zero-order valence-corrected chi connectivity index (χ0v) is 13.9. The molecule has 0 aliphatic carbocycles. The van der Waals surface area contributed by atoms with Gasteiger partial charge in [-0.2, -0.15) is 0 Å². The number of benzene rings is 1. The van der Waals surface area contributed by atoms with Crippen molar-refractivity contribution >= 4 is 17.4 Å². The van der Waals surface area contributed by atoms with Crippen LogP contribution in [0.25, 0.3) is 0 Å². The summed E-state index contributed by atoms with van der Waals surface area (Å²) in [6, 6.07) is 7.99. The number of urea groups is 1. The summed E-state index contributed by atoms with van der Waals surface area (Å²) in [7, 11) is 0. The van der Waals surface area contributed by atoms with Gasteiger partial charge >= 0.3 is 6.03 Å². The molecule has 22 heavy (non-hydrogen) atoms. The third-order valence-electron chi connectivity index (χ3n) is 3.90. The Balaban J connectivity index is 1.94. The molecule has 2 amide bonds. The molecule has 0 spiro atoms. The van der Waals surface area contributed by atoms with E-state index < -0.39 is 0 Å². The maximum atomic E-state index is 11.8. The van der Waals surface area contributed by atoms with Crippen LogP contribution in [0.2, 0.25) is 0 Å². The topological polar surface area (TPSA) is 53.6 Å². The molecule has 1 aliphatic rings. The lowest BCUT2D eigenvalue weighted by molar-refractivity contribution is -0.00521. The first-order valence-electron chi connectivity index (χ1n) is 8.06. The van der Waals surface area contributed by atoms with Crippen molar-refractivity contribution in [3.05, 3.63) is 24.3 Å².